The quantitative estimate of drug-likeness (QED) is 0.366. The summed E-state index contributed by atoms with van der Waals surface area (Å²) in [7, 11) is 0. The van der Waals surface area contributed by atoms with Gasteiger partial charge in [0.1, 0.15) is 0 Å². The average molecular weight is 183 g/mol. The van der Waals surface area contributed by atoms with E-state index >= 15 is 0 Å². The second-order valence-electron chi connectivity index (χ2n) is 1.58. The predicted molar refractivity (Wildman–Crippen MR) is 33.6 cm³/mol. The Balaban J connectivity index is 3.34. The molecule has 0 aromatic rings. The van der Waals surface area contributed by atoms with Crippen LogP contribution >= 0.6 is 15.3 Å². The first-order chi connectivity index (χ1) is 3.06. The molecule has 0 saturated heterocycles. The van der Waals surface area contributed by atoms with Crippen molar-refractivity contribution >= 4 is 28.7 Å². The molecule has 0 aromatic heterocycles. The van der Waals surface area contributed by atoms with Crippen molar-refractivity contribution in [3.05, 3.63) is 0 Å². The molecule has 0 aromatic carbocycles. The van der Waals surface area contributed by atoms with E-state index < -0.39 is 6.94 Å². The molecule has 0 fully saturated rings. The second-order valence-corrected chi connectivity index (χ2v) is 10.3. The molecule has 0 heterocycles. The van der Waals surface area contributed by atoms with E-state index in [1.807, 2.05) is 13.1 Å². The highest BCUT2D eigenvalue weighted by Crippen LogP contribution is 2.09. The normalized spacial score (nSPS) is 10.7. The summed E-state index contributed by atoms with van der Waals surface area (Å²) in [6.07, 6.45) is 0. The van der Waals surface area contributed by atoms with E-state index in [9.17, 15) is 4.79 Å². The zero-order valence-electron chi connectivity index (χ0n) is 4.27. The van der Waals surface area contributed by atoms with Gasteiger partial charge in [0.15, 0.2) is 0 Å². The molecular weight excluding hydrogens is 176 g/mol. The Morgan fingerprint density at radius 3 is 2.14 bits per heavy atom. The molecule has 0 spiro atoms. The third-order valence-corrected chi connectivity index (χ3v) is 1.55. The predicted octanol–water partition coefficient (Wildman–Crippen LogP) is 1.26. The Kier molecular flexibility index (Phi) is 2.53. The van der Waals surface area contributed by atoms with Crippen LogP contribution in [0.4, 0.5) is 0 Å². The number of halogens is 1. The lowest BCUT2D eigenvalue weighted by atomic mass is 11.7. The summed E-state index contributed by atoms with van der Waals surface area (Å²) in [6, 6.07) is 0. The fourth-order valence-electron chi connectivity index (χ4n) is 0.114. The Labute approximate surface area is 51.6 Å². The van der Waals surface area contributed by atoms with Gasteiger partial charge < -0.3 is 4.43 Å². The summed E-state index contributed by atoms with van der Waals surface area (Å²) in [6.45, 7) is 2.51. The molecule has 7 heavy (non-hydrogen) atoms. The van der Waals surface area contributed by atoms with Crippen molar-refractivity contribution in [3.8, 4) is 0 Å². The first-order valence-corrected chi connectivity index (χ1v) is 7.03. The standard InChI is InChI=1S/C3H7BrO2Si/c1-7(2,4)6-3-5/h3H,1-2H3. The van der Waals surface area contributed by atoms with E-state index in [4.69, 9.17) is 0 Å². The average Bonchev–Trinajstić information content (AvgIpc) is 1.30. The fourth-order valence-corrected chi connectivity index (χ4v) is 0.572. The zero-order chi connectivity index (χ0) is 5.91. The third kappa shape index (κ3) is 6.17. The van der Waals surface area contributed by atoms with Crippen LogP contribution in [0.15, 0.2) is 0 Å². The minimum Gasteiger partial charge on any atom is -0.511 e. The summed E-state index contributed by atoms with van der Waals surface area (Å²) in [5.41, 5.74) is 0. The van der Waals surface area contributed by atoms with Crippen LogP contribution in [-0.2, 0) is 9.22 Å². The molecule has 4 heteroatoms. The smallest absolute Gasteiger partial charge is 0.318 e. The molecule has 0 N–H and O–H groups in total. The van der Waals surface area contributed by atoms with Crippen molar-refractivity contribution in [1.29, 1.82) is 0 Å². The Morgan fingerprint density at radius 2 is 2.14 bits per heavy atom. The van der Waals surface area contributed by atoms with Gasteiger partial charge in [0.05, 0.1) is 0 Å². The molecule has 0 bridgehead atoms. The van der Waals surface area contributed by atoms with Gasteiger partial charge in [0.2, 0.25) is 0 Å². The second kappa shape index (κ2) is 2.47. The minimum atomic E-state index is -1.71. The van der Waals surface area contributed by atoms with Gasteiger partial charge in [-0.1, -0.05) is 15.3 Å². The van der Waals surface area contributed by atoms with Crippen molar-refractivity contribution in [3.63, 3.8) is 0 Å². The monoisotopic (exact) mass is 182 g/mol. The number of carbonyl (C=O) groups is 1. The molecule has 0 rings (SSSR count). The minimum absolute atomic E-state index is 0.473. The van der Waals surface area contributed by atoms with E-state index in [1.165, 1.54) is 0 Å². The highest BCUT2D eigenvalue weighted by Gasteiger charge is 2.16. The van der Waals surface area contributed by atoms with Gasteiger partial charge in [-0.25, -0.2) is 0 Å². The van der Waals surface area contributed by atoms with Gasteiger partial charge in [0, 0.05) is 0 Å². The molecule has 0 saturated carbocycles. The van der Waals surface area contributed by atoms with Crippen LogP contribution in [0.1, 0.15) is 0 Å². The summed E-state index contributed by atoms with van der Waals surface area (Å²) in [5, 5.41) is 0. The first kappa shape index (κ1) is 7.17. The zero-order valence-corrected chi connectivity index (χ0v) is 6.86. The molecule has 0 aliphatic rings. The summed E-state index contributed by atoms with van der Waals surface area (Å²) in [4.78, 5) is 9.60. The molecule has 2 nitrogen and oxygen atoms in total. The largest absolute Gasteiger partial charge is 0.511 e. The topological polar surface area (TPSA) is 26.3 Å². The SMILES string of the molecule is C[Si](C)(Br)OC=O. The van der Waals surface area contributed by atoms with Gasteiger partial charge in [-0.3, -0.25) is 4.79 Å². The van der Waals surface area contributed by atoms with Crippen LogP contribution in [0.2, 0.25) is 13.1 Å². The van der Waals surface area contributed by atoms with Gasteiger partial charge in [-0.15, -0.1) is 0 Å². The molecule has 0 amide bonds. The molecule has 0 aliphatic carbocycles. The van der Waals surface area contributed by atoms with E-state index in [2.05, 4.69) is 19.7 Å². The van der Waals surface area contributed by atoms with Crippen LogP contribution in [0.3, 0.4) is 0 Å². The van der Waals surface area contributed by atoms with Gasteiger partial charge in [-0.05, 0) is 13.1 Å². The molecule has 42 valence electrons. The van der Waals surface area contributed by atoms with Crippen molar-refractivity contribution in [2.45, 2.75) is 13.1 Å². The van der Waals surface area contributed by atoms with Crippen molar-refractivity contribution in [2.75, 3.05) is 0 Å². The Bertz CT molecular complexity index is 67.8. The summed E-state index contributed by atoms with van der Waals surface area (Å²) >= 11 is 3.22. The summed E-state index contributed by atoms with van der Waals surface area (Å²) < 4.78 is 4.60. The first-order valence-electron chi connectivity index (χ1n) is 1.86. The molecule has 0 atom stereocenters. The van der Waals surface area contributed by atoms with E-state index in [0.717, 1.165) is 0 Å². The maximum Gasteiger partial charge on any atom is 0.318 e. The maximum atomic E-state index is 9.60. The van der Waals surface area contributed by atoms with Gasteiger partial charge in [-0.2, -0.15) is 0 Å². The number of carbonyl (C=O) groups excluding carboxylic acids is 1. The molecule has 0 unspecified atom stereocenters. The van der Waals surface area contributed by atoms with Crippen molar-refractivity contribution in [2.24, 2.45) is 0 Å². The van der Waals surface area contributed by atoms with Gasteiger partial charge in [0.25, 0.3) is 6.47 Å². The van der Waals surface area contributed by atoms with E-state index in [0.29, 0.717) is 6.47 Å². The van der Waals surface area contributed by atoms with E-state index in [1.54, 1.807) is 0 Å². The van der Waals surface area contributed by atoms with Gasteiger partial charge >= 0.3 is 6.94 Å². The Morgan fingerprint density at radius 1 is 1.71 bits per heavy atom. The lowest BCUT2D eigenvalue weighted by molar-refractivity contribution is -0.121. The fraction of sp³-hybridized carbons (Fsp3) is 0.667. The number of hydrogen-bond donors (Lipinski definition) is 0. The van der Waals surface area contributed by atoms with Crippen LogP contribution in [0, 0.1) is 0 Å². The lowest BCUT2D eigenvalue weighted by Crippen LogP contribution is -2.19. The molecule has 0 aliphatic heterocycles. The lowest BCUT2D eigenvalue weighted by Gasteiger charge is -2.08. The molecule has 0 radical (unpaired) electrons. The molecular formula is C3H7BrO2Si. The van der Waals surface area contributed by atoms with Crippen LogP contribution in [-0.4, -0.2) is 13.4 Å². The van der Waals surface area contributed by atoms with Crippen LogP contribution < -0.4 is 0 Å². The van der Waals surface area contributed by atoms with E-state index in [-0.39, 0.29) is 0 Å². The number of rotatable bonds is 2. The van der Waals surface area contributed by atoms with Crippen molar-refractivity contribution in [1.82, 2.24) is 0 Å². The highest BCUT2D eigenvalue weighted by molar-refractivity contribution is 9.25. The number of hydrogen-bond acceptors (Lipinski definition) is 2. The van der Waals surface area contributed by atoms with Crippen LogP contribution in [0.5, 0.6) is 0 Å². The maximum absolute atomic E-state index is 9.60. The van der Waals surface area contributed by atoms with Crippen molar-refractivity contribution < 1.29 is 9.22 Å². The summed E-state index contributed by atoms with van der Waals surface area (Å²) in [5.74, 6) is 0. The van der Waals surface area contributed by atoms with Crippen LogP contribution in [0.25, 0.3) is 0 Å². The Hall–Kier alpha value is 0.167. The highest BCUT2D eigenvalue weighted by atomic mass is 79.9. The third-order valence-electron chi connectivity index (χ3n) is 0.328.